The zero-order chi connectivity index (χ0) is 21.3. The Hall–Kier alpha value is -1.91. The first kappa shape index (κ1) is 24.4. The summed E-state index contributed by atoms with van der Waals surface area (Å²) in [5, 5.41) is 10.9. The maximum Gasteiger partial charge on any atom is 0.344 e. The van der Waals surface area contributed by atoms with Crippen LogP contribution in [0.1, 0.15) is 110 Å². The molecule has 1 N–H and O–H groups in total. The van der Waals surface area contributed by atoms with Gasteiger partial charge in [-0.3, -0.25) is 0 Å². The Labute approximate surface area is 183 Å². The Balaban J connectivity index is 1.35. The second kappa shape index (κ2) is 15.9. The monoisotopic (exact) mass is 414 g/mol. The van der Waals surface area contributed by atoms with Crippen LogP contribution in [0.5, 0.6) is 0 Å². The van der Waals surface area contributed by atoms with Gasteiger partial charge in [0.1, 0.15) is 5.52 Å². The zero-order valence-electron chi connectivity index (χ0n) is 19.1. The lowest BCUT2D eigenvalue weighted by Gasteiger charge is -2.05. The van der Waals surface area contributed by atoms with Crippen LogP contribution < -0.4 is 5.32 Å². The standard InChI is InChI=1S/C25H42N4O/c1-2-3-4-5-6-7-8-9-10-11-12-13-14-15-16-19-22-26-25(30)29-24-21-18-17-20-23(24)27-28-29/h17-18,20-21H,2-16,19,22H2,1H3,(H,26,30). The van der Waals surface area contributed by atoms with Crippen molar-refractivity contribution in [2.75, 3.05) is 6.54 Å². The molecule has 2 rings (SSSR count). The number of para-hydroxylation sites is 1. The summed E-state index contributed by atoms with van der Waals surface area (Å²) in [5.74, 6) is 0. The zero-order valence-corrected chi connectivity index (χ0v) is 19.1. The predicted octanol–water partition coefficient (Wildman–Crippen LogP) is 7.25. The molecule has 0 bridgehead atoms. The first-order chi connectivity index (χ1) is 14.8. The molecule has 0 saturated heterocycles. The Morgan fingerprint density at radius 2 is 1.27 bits per heavy atom. The van der Waals surface area contributed by atoms with Crippen LogP contribution in [0.3, 0.4) is 0 Å². The fraction of sp³-hybridized carbons (Fsp3) is 0.720. The number of benzene rings is 1. The Morgan fingerprint density at radius 1 is 0.767 bits per heavy atom. The number of nitrogens with zero attached hydrogens (tertiary/aromatic N) is 3. The van der Waals surface area contributed by atoms with Crippen molar-refractivity contribution in [2.24, 2.45) is 0 Å². The minimum Gasteiger partial charge on any atom is -0.336 e. The van der Waals surface area contributed by atoms with Crippen LogP contribution in [-0.2, 0) is 0 Å². The van der Waals surface area contributed by atoms with Crippen molar-refractivity contribution in [3.63, 3.8) is 0 Å². The molecule has 1 aromatic carbocycles. The van der Waals surface area contributed by atoms with Gasteiger partial charge in [0.05, 0.1) is 5.52 Å². The largest absolute Gasteiger partial charge is 0.344 e. The molecular weight excluding hydrogens is 372 g/mol. The van der Waals surface area contributed by atoms with Gasteiger partial charge < -0.3 is 5.32 Å². The molecule has 0 unspecified atom stereocenters. The van der Waals surface area contributed by atoms with E-state index >= 15 is 0 Å². The Bertz CT molecular complexity index is 697. The van der Waals surface area contributed by atoms with Gasteiger partial charge in [-0.25, -0.2) is 4.79 Å². The highest BCUT2D eigenvalue weighted by atomic mass is 16.2. The third kappa shape index (κ3) is 9.73. The van der Waals surface area contributed by atoms with Gasteiger partial charge in [0.25, 0.3) is 0 Å². The minimum atomic E-state index is -0.190. The molecule has 2 aromatic rings. The van der Waals surface area contributed by atoms with Gasteiger partial charge in [0.2, 0.25) is 0 Å². The number of fused-ring (bicyclic) bond motifs is 1. The molecule has 0 aliphatic rings. The number of hydrogen-bond acceptors (Lipinski definition) is 3. The molecule has 5 heteroatoms. The van der Waals surface area contributed by atoms with Crippen LogP contribution >= 0.6 is 0 Å². The summed E-state index contributed by atoms with van der Waals surface area (Å²) in [4.78, 5) is 12.2. The van der Waals surface area contributed by atoms with E-state index in [-0.39, 0.29) is 6.03 Å². The van der Waals surface area contributed by atoms with Gasteiger partial charge >= 0.3 is 6.03 Å². The van der Waals surface area contributed by atoms with Crippen LogP contribution in [0.2, 0.25) is 0 Å². The van der Waals surface area contributed by atoms with Crippen molar-refractivity contribution in [3.05, 3.63) is 24.3 Å². The maximum absolute atomic E-state index is 12.2. The molecule has 0 aliphatic carbocycles. The number of rotatable bonds is 17. The molecule has 0 atom stereocenters. The first-order valence-corrected chi connectivity index (χ1v) is 12.4. The van der Waals surface area contributed by atoms with Gasteiger partial charge in [-0.15, -0.1) is 5.10 Å². The van der Waals surface area contributed by atoms with E-state index in [1.165, 1.54) is 101 Å². The van der Waals surface area contributed by atoms with E-state index in [4.69, 9.17) is 0 Å². The van der Waals surface area contributed by atoms with Crippen LogP contribution in [0.15, 0.2) is 24.3 Å². The fourth-order valence-electron chi connectivity index (χ4n) is 3.96. The lowest BCUT2D eigenvalue weighted by atomic mass is 10.0. The topological polar surface area (TPSA) is 59.8 Å². The van der Waals surface area contributed by atoms with Crippen molar-refractivity contribution in [2.45, 2.75) is 110 Å². The van der Waals surface area contributed by atoms with Gasteiger partial charge in [0.15, 0.2) is 0 Å². The van der Waals surface area contributed by atoms with E-state index in [1.807, 2.05) is 24.3 Å². The van der Waals surface area contributed by atoms with E-state index in [0.29, 0.717) is 6.54 Å². The fourth-order valence-corrected chi connectivity index (χ4v) is 3.96. The average Bonchev–Trinajstić information content (AvgIpc) is 3.20. The number of amides is 1. The second-order valence-electron chi connectivity index (χ2n) is 8.53. The molecule has 5 nitrogen and oxygen atoms in total. The molecule has 0 radical (unpaired) electrons. The summed E-state index contributed by atoms with van der Waals surface area (Å²) in [6.07, 6.45) is 21.7. The molecule has 0 aliphatic heterocycles. The van der Waals surface area contributed by atoms with E-state index in [0.717, 1.165) is 17.5 Å². The van der Waals surface area contributed by atoms with Crippen molar-refractivity contribution in [1.29, 1.82) is 0 Å². The number of aromatic nitrogens is 3. The number of hydrogen-bond donors (Lipinski definition) is 1. The Morgan fingerprint density at radius 3 is 1.83 bits per heavy atom. The highest BCUT2D eigenvalue weighted by Gasteiger charge is 2.10. The first-order valence-electron chi connectivity index (χ1n) is 12.4. The average molecular weight is 415 g/mol. The van der Waals surface area contributed by atoms with E-state index in [2.05, 4.69) is 22.6 Å². The van der Waals surface area contributed by atoms with Gasteiger partial charge in [-0.05, 0) is 18.6 Å². The lowest BCUT2D eigenvalue weighted by Crippen LogP contribution is -2.30. The van der Waals surface area contributed by atoms with Crippen LogP contribution in [-0.4, -0.2) is 27.6 Å². The maximum atomic E-state index is 12.2. The smallest absolute Gasteiger partial charge is 0.336 e. The van der Waals surface area contributed by atoms with Crippen molar-refractivity contribution >= 4 is 17.1 Å². The SMILES string of the molecule is CCCCCCCCCCCCCCCCCCNC(=O)n1nnc2ccccc21. The lowest BCUT2D eigenvalue weighted by molar-refractivity contribution is 0.239. The normalized spacial score (nSPS) is 11.2. The van der Waals surface area contributed by atoms with Crippen molar-refractivity contribution in [1.82, 2.24) is 20.3 Å². The minimum absolute atomic E-state index is 0.190. The van der Waals surface area contributed by atoms with E-state index in [1.54, 1.807) is 0 Å². The number of carbonyl (C=O) groups is 1. The third-order valence-corrected chi connectivity index (χ3v) is 5.85. The summed E-state index contributed by atoms with van der Waals surface area (Å²) in [7, 11) is 0. The number of nitrogens with one attached hydrogen (secondary N) is 1. The summed E-state index contributed by atoms with van der Waals surface area (Å²) in [6.45, 7) is 2.98. The molecule has 0 fully saturated rings. The van der Waals surface area contributed by atoms with Crippen LogP contribution in [0.4, 0.5) is 4.79 Å². The Kier molecular flexibility index (Phi) is 12.9. The quantitative estimate of drug-likeness (QED) is 0.277. The molecule has 168 valence electrons. The highest BCUT2D eigenvalue weighted by molar-refractivity contribution is 5.87. The van der Waals surface area contributed by atoms with Crippen LogP contribution in [0.25, 0.3) is 11.0 Å². The molecule has 0 saturated carbocycles. The molecule has 1 heterocycles. The summed E-state index contributed by atoms with van der Waals surface area (Å²) < 4.78 is 1.35. The third-order valence-electron chi connectivity index (χ3n) is 5.85. The number of unbranched alkanes of at least 4 members (excludes halogenated alkanes) is 15. The summed E-state index contributed by atoms with van der Waals surface area (Å²) >= 11 is 0. The summed E-state index contributed by atoms with van der Waals surface area (Å²) in [5.41, 5.74) is 1.50. The molecule has 1 amide bonds. The van der Waals surface area contributed by atoms with Crippen molar-refractivity contribution < 1.29 is 4.79 Å². The van der Waals surface area contributed by atoms with Gasteiger partial charge in [-0.2, -0.15) is 4.68 Å². The summed E-state index contributed by atoms with van der Waals surface area (Å²) in [6, 6.07) is 7.33. The van der Waals surface area contributed by atoms with Crippen LogP contribution in [0, 0.1) is 0 Å². The highest BCUT2D eigenvalue weighted by Crippen LogP contribution is 2.14. The molecular formula is C25H42N4O. The molecule has 1 aromatic heterocycles. The van der Waals surface area contributed by atoms with E-state index < -0.39 is 0 Å². The van der Waals surface area contributed by atoms with Crippen molar-refractivity contribution in [3.8, 4) is 0 Å². The number of carbonyl (C=O) groups excluding carboxylic acids is 1. The van der Waals surface area contributed by atoms with Gasteiger partial charge in [0, 0.05) is 6.54 Å². The van der Waals surface area contributed by atoms with E-state index in [9.17, 15) is 4.79 Å². The van der Waals surface area contributed by atoms with Gasteiger partial charge in [-0.1, -0.05) is 121 Å². The molecule has 30 heavy (non-hydrogen) atoms. The predicted molar refractivity (Wildman–Crippen MR) is 126 cm³/mol. The second-order valence-corrected chi connectivity index (χ2v) is 8.53. The molecule has 0 spiro atoms.